The molecule has 14 heavy (non-hydrogen) atoms. The molecule has 0 radical (unpaired) electrons. The van der Waals surface area contributed by atoms with Crippen LogP contribution in [0.15, 0.2) is 17.5 Å². The molecule has 0 unspecified atom stereocenters. The Balaban J connectivity index is 2.66. The largest absolute Gasteiger partial charge is 0.382 e. The number of thiophene rings is 1. The molecule has 1 aromatic heterocycles. The Hall–Kier alpha value is -0.670. The molecular weight excluding hydrogens is 196 g/mol. The Morgan fingerprint density at radius 1 is 1.50 bits per heavy atom. The van der Waals surface area contributed by atoms with Crippen LogP contribution in [0.3, 0.4) is 0 Å². The fourth-order valence-electron chi connectivity index (χ4n) is 1.38. The summed E-state index contributed by atoms with van der Waals surface area (Å²) in [6.45, 7) is 3.69. The van der Waals surface area contributed by atoms with Gasteiger partial charge in [-0.3, -0.25) is 4.79 Å². The number of rotatable bonds is 5. The summed E-state index contributed by atoms with van der Waals surface area (Å²) in [6, 6.07) is 3.85. The lowest BCUT2D eigenvalue weighted by molar-refractivity contribution is -0.137. The van der Waals surface area contributed by atoms with E-state index in [0.29, 0.717) is 19.3 Å². The normalized spacial score (nSPS) is 11.6. The molecule has 1 heterocycles. The van der Waals surface area contributed by atoms with Crippen LogP contribution in [0.1, 0.15) is 31.6 Å². The quantitative estimate of drug-likeness (QED) is 0.813. The van der Waals surface area contributed by atoms with Crippen LogP contribution in [0, 0.1) is 0 Å². The number of carbonyl (C=O) groups excluding carboxylic acids is 1. The lowest BCUT2D eigenvalue weighted by atomic mass is 9.90. The average Bonchev–Trinajstić information content (AvgIpc) is 2.69. The third-order valence-corrected chi connectivity index (χ3v) is 3.48. The first-order valence-electron chi connectivity index (χ1n) is 4.90. The highest BCUT2D eigenvalue weighted by atomic mass is 32.1. The zero-order chi connectivity index (χ0) is 10.6. The van der Waals surface area contributed by atoms with Gasteiger partial charge in [0.25, 0.3) is 0 Å². The number of ketones is 1. The van der Waals surface area contributed by atoms with Crippen LogP contribution in [-0.2, 0) is 11.2 Å². The molecule has 0 aliphatic carbocycles. The van der Waals surface area contributed by atoms with Crippen LogP contribution in [0.4, 0.5) is 0 Å². The Labute approximate surface area is 88.6 Å². The van der Waals surface area contributed by atoms with Crippen molar-refractivity contribution in [3.05, 3.63) is 22.4 Å². The maximum Gasteiger partial charge on any atom is 0.169 e. The number of aliphatic hydroxyl groups is 1. The van der Waals surface area contributed by atoms with Gasteiger partial charge in [-0.05, 0) is 24.3 Å². The second-order valence-corrected chi connectivity index (χ2v) is 4.45. The van der Waals surface area contributed by atoms with Crippen molar-refractivity contribution in [2.75, 3.05) is 0 Å². The summed E-state index contributed by atoms with van der Waals surface area (Å²) in [5.41, 5.74) is -1.12. The third kappa shape index (κ3) is 2.42. The van der Waals surface area contributed by atoms with Crippen molar-refractivity contribution >= 4 is 17.1 Å². The van der Waals surface area contributed by atoms with Gasteiger partial charge in [0.2, 0.25) is 0 Å². The molecule has 3 heteroatoms. The van der Waals surface area contributed by atoms with Gasteiger partial charge in [-0.25, -0.2) is 0 Å². The minimum absolute atomic E-state index is 0.0649. The molecule has 78 valence electrons. The van der Waals surface area contributed by atoms with Crippen LogP contribution < -0.4 is 0 Å². The van der Waals surface area contributed by atoms with Gasteiger partial charge < -0.3 is 5.11 Å². The summed E-state index contributed by atoms with van der Waals surface area (Å²) in [7, 11) is 0. The van der Waals surface area contributed by atoms with Crippen molar-refractivity contribution in [3.63, 3.8) is 0 Å². The summed E-state index contributed by atoms with van der Waals surface area (Å²) in [5.74, 6) is -0.0649. The molecule has 0 atom stereocenters. The Morgan fingerprint density at radius 3 is 2.57 bits per heavy atom. The predicted octanol–water partition coefficient (Wildman–Crippen LogP) is 2.41. The molecule has 0 bridgehead atoms. The van der Waals surface area contributed by atoms with E-state index in [1.54, 1.807) is 11.3 Å². The lowest BCUT2D eigenvalue weighted by Gasteiger charge is -2.22. The summed E-state index contributed by atoms with van der Waals surface area (Å²) < 4.78 is 0. The van der Waals surface area contributed by atoms with E-state index in [2.05, 4.69) is 0 Å². The number of hydrogen-bond donors (Lipinski definition) is 1. The van der Waals surface area contributed by atoms with Gasteiger partial charge in [0.1, 0.15) is 5.60 Å². The van der Waals surface area contributed by atoms with E-state index in [1.807, 2.05) is 31.4 Å². The van der Waals surface area contributed by atoms with Crippen LogP contribution in [0.25, 0.3) is 0 Å². The van der Waals surface area contributed by atoms with Crippen LogP contribution in [-0.4, -0.2) is 16.5 Å². The van der Waals surface area contributed by atoms with Gasteiger partial charge in [0, 0.05) is 11.3 Å². The van der Waals surface area contributed by atoms with E-state index in [9.17, 15) is 9.90 Å². The molecule has 0 aliphatic heterocycles. The molecule has 0 fully saturated rings. The molecule has 0 amide bonds. The monoisotopic (exact) mass is 212 g/mol. The molecule has 0 spiro atoms. The summed E-state index contributed by atoms with van der Waals surface area (Å²) in [5, 5.41) is 11.9. The van der Waals surface area contributed by atoms with Gasteiger partial charge >= 0.3 is 0 Å². The van der Waals surface area contributed by atoms with Crippen molar-refractivity contribution in [1.82, 2.24) is 0 Å². The second kappa shape index (κ2) is 4.71. The van der Waals surface area contributed by atoms with E-state index in [0.717, 1.165) is 4.88 Å². The molecule has 1 rings (SSSR count). The summed E-state index contributed by atoms with van der Waals surface area (Å²) in [4.78, 5) is 12.8. The van der Waals surface area contributed by atoms with E-state index in [1.165, 1.54) is 0 Å². The van der Waals surface area contributed by atoms with Gasteiger partial charge in [-0.15, -0.1) is 11.3 Å². The molecule has 0 saturated carbocycles. The zero-order valence-electron chi connectivity index (χ0n) is 8.62. The summed E-state index contributed by atoms with van der Waals surface area (Å²) >= 11 is 1.56. The predicted molar refractivity (Wildman–Crippen MR) is 58.6 cm³/mol. The average molecular weight is 212 g/mol. The third-order valence-electron chi connectivity index (χ3n) is 2.60. The van der Waals surface area contributed by atoms with Crippen molar-refractivity contribution in [2.24, 2.45) is 0 Å². The first-order valence-corrected chi connectivity index (χ1v) is 5.78. The van der Waals surface area contributed by atoms with Crippen LogP contribution >= 0.6 is 11.3 Å². The molecule has 1 aromatic rings. The number of carbonyl (C=O) groups is 1. The molecule has 2 nitrogen and oxygen atoms in total. The van der Waals surface area contributed by atoms with Crippen LogP contribution in [0.2, 0.25) is 0 Å². The minimum Gasteiger partial charge on any atom is -0.382 e. The molecule has 0 aliphatic rings. The highest BCUT2D eigenvalue weighted by Gasteiger charge is 2.31. The van der Waals surface area contributed by atoms with Gasteiger partial charge in [0.15, 0.2) is 5.78 Å². The van der Waals surface area contributed by atoms with Crippen molar-refractivity contribution in [2.45, 2.75) is 38.7 Å². The van der Waals surface area contributed by atoms with E-state index < -0.39 is 5.60 Å². The maximum absolute atomic E-state index is 11.8. The lowest BCUT2D eigenvalue weighted by Crippen LogP contribution is -2.38. The Bertz CT molecular complexity index is 286. The topological polar surface area (TPSA) is 37.3 Å². The van der Waals surface area contributed by atoms with Gasteiger partial charge in [-0.1, -0.05) is 19.9 Å². The first kappa shape index (κ1) is 11.4. The molecular formula is C11H16O2S. The molecule has 0 saturated heterocycles. The number of Topliss-reactive ketones (excluding diaryl/α,β-unsaturated/α-hetero) is 1. The van der Waals surface area contributed by atoms with Gasteiger partial charge in [-0.2, -0.15) is 0 Å². The fraction of sp³-hybridized carbons (Fsp3) is 0.545. The molecule has 0 aromatic carbocycles. The van der Waals surface area contributed by atoms with Crippen molar-refractivity contribution in [3.8, 4) is 0 Å². The van der Waals surface area contributed by atoms with Gasteiger partial charge in [0.05, 0.1) is 0 Å². The molecule has 1 N–H and O–H groups in total. The fourth-order valence-corrected chi connectivity index (χ4v) is 2.08. The SMILES string of the molecule is CCC(O)(CC)C(=O)Cc1cccs1. The highest BCUT2D eigenvalue weighted by Crippen LogP contribution is 2.20. The van der Waals surface area contributed by atoms with E-state index >= 15 is 0 Å². The van der Waals surface area contributed by atoms with Crippen LogP contribution in [0.5, 0.6) is 0 Å². The zero-order valence-corrected chi connectivity index (χ0v) is 9.43. The second-order valence-electron chi connectivity index (χ2n) is 3.42. The Kier molecular flexibility index (Phi) is 3.84. The highest BCUT2D eigenvalue weighted by molar-refractivity contribution is 7.10. The minimum atomic E-state index is -1.12. The smallest absolute Gasteiger partial charge is 0.169 e. The Morgan fingerprint density at radius 2 is 2.14 bits per heavy atom. The van der Waals surface area contributed by atoms with E-state index in [-0.39, 0.29) is 5.78 Å². The van der Waals surface area contributed by atoms with Crippen molar-refractivity contribution in [1.29, 1.82) is 0 Å². The number of hydrogen-bond acceptors (Lipinski definition) is 3. The summed E-state index contributed by atoms with van der Waals surface area (Å²) in [6.07, 6.45) is 1.34. The van der Waals surface area contributed by atoms with E-state index in [4.69, 9.17) is 0 Å². The standard InChI is InChI=1S/C11H16O2S/c1-3-11(13,4-2)10(12)8-9-6-5-7-14-9/h5-7,13H,3-4,8H2,1-2H3. The van der Waals surface area contributed by atoms with Crippen molar-refractivity contribution < 1.29 is 9.90 Å². The first-order chi connectivity index (χ1) is 6.62. The maximum atomic E-state index is 11.8.